The molecule has 1 aromatic heterocycles. The molecule has 1 aliphatic rings. The largest absolute Gasteiger partial charge is 0.372 e. The van der Waals surface area contributed by atoms with Gasteiger partial charge in [-0.1, -0.05) is 103 Å². The zero-order chi connectivity index (χ0) is 32.0. The lowest BCUT2D eigenvalue weighted by Gasteiger charge is -2.27. The molecule has 1 atom stereocenters. The predicted molar refractivity (Wildman–Crippen MR) is 197 cm³/mol. The molecule has 0 amide bonds. The summed E-state index contributed by atoms with van der Waals surface area (Å²) >= 11 is 0. The summed E-state index contributed by atoms with van der Waals surface area (Å²) in [6, 6.07) is 51.9. The van der Waals surface area contributed by atoms with Gasteiger partial charge in [-0.3, -0.25) is 0 Å². The summed E-state index contributed by atoms with van der Waals surface area (Å²) in [6.45, 7) is 8.05. The van der Waals surface area contributed by atoms with Gasteiger partial charge < -0.3 is 9.80 Å². The summed E-state index contributed by atoms with van der Waals surface area (Å²) in [5.41, 5.74) is 9.46. The Bertz CT molecular complexity index is 1890. The van der Waals surface area contributed by atoms with Crippen LogP contribution in [0.2, 0.25) is 0 Å². The molecule has 1 aliphatic heterocycles. The van der Waals surface area contributed by atoms with E-state index in [9.17, 15) is 0 Å². The van der Waals surface area contributed by atoms with Crippen LogP contribution >= 0.6 is 0 Å². The van der Waals surface area contributed by atoms with Crippen molar-refractivity contribution in [3.63, 3.8) is 0 Å². The van der Waals surface area contributed by atoms with Crippen LogP contribution in [0.25, 0.3) is 10.9 Å². The topological polar surface area (TPSA) is 35.0 Å². The van der Waals surface area contributed by atoms with Crippen LogP contribution in [0.5, 0.6) is 0 Å². The van der Waals surface area contributed by atoms with Gasteiger partial charge in [0.05, 0.1) is 17.3 Å². The van der Waals surface area contributed by atoms with Crippen molar-refractivity contribution in [3.8, 4) is 0 Å². The smallest absolute Gasteiger partial charge is 0.150 e. The molecule has 0 N–H and O–H groups in total. The van der Waals surface area contributed by atoms with E-state index in [-0.39, 0.29) is 6.04 Å². The first kappa shape index (κ1) is 30.2. The molecule has 0 aliphatic carbocycles. The predicted octanol–water partition coefficient (Wildman–Crippen LogP) is 9.64. The molecule has 0 spiro atoms. The van der Waals surface area contributed by atoms with Crippen molar-refractivity contribution in [3.05, 3.63) is 168 Å². The molecule has 7 rings (SSSR count). The second kappa shape index (κ2) is 13.9. The average molecular weight is 616 g/mol. The number of aromatic nitrogens is 1. The van der Waals surface area contributed by atoms with Crippen LogP contribution in [0.3, 0.4) is 0 Å². The fourth-order valence-corrected chi connectivity index (χ4v) is 6.55. The van der Waals surface area contributed by atoms with Gasteiger partial charge in [0.2, 0.25) is 0 Å². The number of hydrogen-bond acceptors (Lipinski definition) is 5. The number of para-hydroxylation sites is 1. The van der Waals surface area contributed by atoms with E-state index in [0.29, 0.717) is 0 Å². The summed E-state index contributed by atoms with van der Waals surface area (Å²) in [6.07, 6.45) is 0.802. The number of hydrazone groups is 1. The maximum atomic E-state index is 5.24. The Kier molecular flexibility index (Phi) is 8.96. The van der Waals surface area contributed by atoms with E-state index in [0.717, 1.165) is 60.6 Å². The van der Waals surface area contributed by atoms with Gasteiger partial charge in [-0.15, -0.1) is 0 Å². The third kappa shape index (κ3) is 6.75. The molecule has 47 heavy (non-hydrogen) atoms. The molecule has 1 unspecified atom stereocenters. The Labute approximate surface area is 278 Å². The van der Waals surface area contributed by atoms with Crippen molar-refractivity contribution >= 4 is 33.8 Å². The Hall–Kier alpha value is -5.42. The lowest BCUT2D eigenvalue weighted by Crippen LogP contribution is -2.23. The number of rotatable bonds is 11. The summed E-state index contributed by atoms with van der Waals surface area (Å²) in [5.74, 6) is 0.863. The molecule has 5 nitrogen and oxygen atoms in total. The lowest BCUT2D eigenvalue weighted by molar-refractivity contribution is 0.699. The van der Waals surface area contributed by atoms with Crippen molar-refractivity contribution in [2.24, 2.45) is 5.10 Å². The number of benzene rings is 5. The van der Waals surface area contributed by atoms with E-state index in [1.54, 1.807) is 0 Å². The molecule has 0 fully saturated rings. The van der Waals surface area contributed by atoms with Crippen LogP contribution in [0.15, 0.2) is 151 Å². The van der Waals surface area contributed by atoms with Gasteiger partial charge in [-0.25, -0.2) is 9.99 Å². The van der Waals surface area contributed by atoms with E-state index in [4.69, 9.17) is 10.1 Å². The number of pyridine rings is 1. The van der Waals surface area contributed by atoms with Crippen LogP contribution in [-0.2, 0) is 13.1 Å². The normalized spacial score (nSPS) is 14.3. The molecule has 0 saturated heterocycles. The highest BCUT2D eigenvalue weighted by molar-refractivity contribution is 6.03. The van der Waals surface area contributed by atoms with Gasteiger partial charge in [0, 0.05) is 49.4 Å². The van der Waals surface area contributed by atoms with Crippen LogP contribution in [0.4, 0.5) is 17.2 Å². The Morgan fingerprint density at radius 2 is 1.17 bits per heavy atom. The Balaban J connectivity index is 1.21. The van der Waals surface area contributed by atoms with E-state index in [1.165, 1.54) is 28.1 Å². The first-order valence-electron chi connectivity index (χ1n) is 16.7. The second-order valence-corrected chi connectivity index (χ2v) is 12.1. The summed E-state index contributed by atoms with van der Waals surface area (Å²) < 4.78 is 0. The fraction of sp³-hybridized carbons (Fsp3) is 0.190. The highest BCUT2D eigenvalue weighted by Crippen LogP contribution is 2.37. The van der Waals surface area contributed by atoms with Crippen molar-refractivity contribution in [2.45, 2.75) is 39.4 Å². The van der Waals surface area contributed by atoms with Crippen molar-refractivity contribution < 1.29 is 0 Å². The van der Waals surface area contributed by atoms with Crippen molar-refractivity contribution in [1.29, 1.82) is 0 Å². The minimum absolute atomic E-state index is 0.0341. The van der Waals surface area contributed by atoms with E-state index in [2.05, 4.69) is 168 Å². The summed E-state index contributed by atoms with van der Waals surface area (Å²) in [4.78, 5) is 9.88. The quantitative estimate of drug-likeness (QED) is 0.145. The number of nitrogens with zero attached hydrogens (tertiary/aromatic N) is 5. The van der Waals surface area contributed by atoms with Gasteiger partial charge in [0.25, 0.3) is 0 Å². The summed E-state index contributed by atoms with van der Waals surface area (Å²) in [5, 5.41) is 8.50. The zero-order valence-corrected chi connectivity index (χ0v) is 27.2. The highest BCUT2D eigenvalue weighted by atomic mass is 15.5. The van der Waals surface area contributed by atoms with Gasteiger partial charge in [0.1, 0.15) is 5.82 Å². The molecule has 0 radical (unpaired) electrons. The molecule has 5 aromatic carbocycles. The van der Waals surface area contributed by atoms with Gasteiger partial charge in [0.15, 0.2) is 0 Å². The van der Waals surface area contributed by atoms with E-state index < -0.39 is 0 Å². The minimum Gasteiger partial charge on any atom is -0.372 e. The minimum atomic E-state index is 0.0341. The third-order valence-electron chi connectivity index (χ3n) is 9.13. The molecule has 5 heteroatoms. The SMILES string of the molecule is CCN(CC)c1ccc(C2=NN(c3ccc4ccccc4n3)C(c3ccc(N(Cc4ccccc4)Cc4ccccc4)cc3)C2)cc1. The molecular weight excluding hydrogens is 574 g/mol. The molecular formula is C42H41N5. The summed E-state index contributed by atoms with van der Waals surface area (Å²) in [7, 11) is 0. The van der Waals surface area contributed by atoms with Gasteiger partial charge in [-0.2, -0.15) is 5.10 Å². The average Bonchev–Trinajstić information content (AvgIpc) is 3.59. The van der Waals surface area contributed by atoms with E-state index >= 15 is 0 Å². The zero-order valence-electron chi connectivity index (χ0n) is 27.2. The monoisotopic (exact) mass is 615 g/mol. The number of fused-ring (bicyclic) bond motifs is 1. The van der Waals surface area contributed by atoms with Crippen molar-refractivity contribution in [2.75, 3.05) is 27.9 Å². The van der Waals surface area contributed by atoms with Gasteiger partial charge in [-0.05, 0) is 78.6 Å². The Morgan fingerprint density at radius 3 is 1.81 bits per heavy atom. The fourth-order valence-electron chi connectivity index (χ4n) is 6.55. The lowest BCUT2D eigenvalue weighted by atomic mass is 9.97. The second-order valence-electron chi connectivity index (χ2n) is 12.1. The maximum absolute atomic E-state index is 5.24. The molecule has 0 saturated carbocycles. The number of hydrogen-bond donors (Lipinski definition) is 0. The number of anilines is 3. The molecule has 6 aromatic rings. The first-order valence-corrected chi connectivity index (χ1v) is 16.7. The van der Waals surface area contributed by atoms with E-state index in [1.807, 2.05) is 6.07 Å². The molecule has 0 bridgehead atoms. The third-order valence-corrected chi connectivity index (χ3v) is 9.13. The standard InChI is InChI=1S/C42H41N5/c1-3-45(4-2)37-24-19-35(20-25-37)40-29-41(47(44-40)42-28-23-34-17-11-12-18-39(34)43-42)36-21-26-38(27-22-36)46(30-32-13-7-5-8-14-32)31-33-15-9-6-10-16-33/h5-28,41H,3-4,29-31H2,1-2H3. The highest BCUT2D eigenvalue weighted by Gasteiger charge is 2.31. The maximum Gasteiger partial charge on any atom is 0.150 e. The molecule has 234 valence electrons. The van der Waals surface area contributed by atoms with Gasteiger partial charge >= 0.3 is 0 Å². The van der Waals surface area contributed by atoms with Crippen molar-refractivity contribution in [1.82, 2.24) is 4.98 Å². The first-order chi connectivity index (χ1) is 23.2. The molecule has 2 heterocycles. The van der Waals surface area contributed by atoms with Crippen LogP contribution < -0.4 is 14.8 Å². The van der Waals surface area contributed by atoms with Crippen LogP contribution in [-0.4, -0.2) is 23.8 Å². The van der Waals surface area contributed by atoms with Crippen LogP contribution in [0.1, 0.15) is 48.6 Å². The Morgan fingerprint density at radius 1 is 0.596 bits per heavy atom. The van der Waals surface area contributed by atoms with Crippen LogP contribution in [0, 0.1) is 0 Å².